The molecular formula is C22H24N6O2. The van der Waals surface area contributed by atoms with Crippen LogP contribution in [-0.4, -0.2) is 39.7 Å². The van der Waals surface area contributed by atoms with Crippen LogP contribution < -0.4 is 16.0 Å². The predicted molar refractivity (Wildman–Crippen MR) is 113 cm³/mol. The lowest BCUT2D eigenvalue weighted by Crippen LogP contribution is -2.42. The van der Waals surface area contributed by atoms with Crippen molar-refractivity contribution in [3.63, 3.8) is 0 Å². The van der Waals surface area contributed by atoms with Gasteiger partial charge in [-0.15, -0.1) is 0 Å². The van der Waals surface area contributed by atoms with Crippen molar-refractivity contribution in [3.05, 3.63) is 72.2 Å². The monoisotopic (exact) mass is 404 g/mol. The average molecular weight is 404 g/mol. The third kappa shape index (κ3) is 4.17. The molecule has 2 aromatic heterocycles. The van der Waals surface area contributed by atoms with Crippen LogP contribution >= 0.6 is 0 Å². The van der Waals surface area contributed by atoms with Gasteiger partial charge in [-0.05, 0) is 37.1 Å². The molecule has 3 aromatic rings. The summed E-state index contributed by atoms with van der Waals surface area (Å²) >= 11 is 0. The van der Waals surface area contributed by atoms with E-state index in [2.05, 4.69) is 20.3 Å². The Morgan fingerprint density at radius 3 is 2.80 bits per heavy atom. The van der Waals surface area contributed by atoms with Crippen LogP contribution in [0.3, 0.4) is 0 Å². The van der Waals surface area contributed by atoms with Gasteiger partial charge in [0, 0.05) is 43.8 Å². The molecule has 1 unspecified atom stereocenters. The highest BCUT2D eigenvalue weighted by molar-refractivity contribution is 5.97. The van der Waals surface area contributed by atoms with Crippen LogP contribution in [0.25, 0.3) is 5.69 Å². The van der Waals surface area contributed by atoms with Gasteiger partial charge in [0.15, 0.2) is 0 Å². The first kappa shape index (κ1) is 19.6. The van der Waals surface area contributed by atoms with E-state index in [1.165, 1.54) is 0 Å². The molecule has 0 radical (unpaired) electrons. The number of primary amides is 1. The van der Waals surface area contributed by atoms with Crippen LogP contribution in [0.1, 0.15) is 28.8 Å². The molecule has 0 aliphatic carbocycles. The molecule has 8 heteroatoms. The molecule has 0 saturated carbocycles. The van der Waals surface area contributed by atoms with Crippen molar-refractivity contribution in [3.8, 4) is 5.69 Å². The van der Waals surface area contributed by atoms with Gasteiger partial charge < -0.3 is 16.0 Å². The molecule has 2 amide bonds. The number of piperidine rings is 1. The number of pyridine rings is 1. The number of nitrogens with two attached hydrogens (primary N) is 1. The maximum atomic E-state index is 12.9. The molecule has 154 valence electrons. The van der Waals surface area contributed by atoms with Crippen molar-refractivity contribution >= 4 is 17.6 Å². The van der Waals surface area contributed by atoms with Gasteiger partial charge in [0.05, 0.1) is 17.2 Å². The molecule has 0 bridgehead atoms. The van der Waals surface area contributed by atoms with Crippen molar-refractivity contribution in [2.45, 2.75) is 19.4 Å². The summed E-state index contributed by atoms with van der Waals surface area (Å²) in [6, 6.07) is 12.9. The Bertz CT molecular complexity index is 1030. The number of carbonyl (C=O) groups is 2. The normalized spacial score (nSPS) is 16.3. The summed E-state index contributed by atoms with van der Waals surface area (Å²) in [5.74, 6) is 0.138. The maximum Gasteiger partial charge on any atom is 0.253 e. The Kier molecular flexibility index (Phi) is 5.74. The lowest BCUT2D eigenvalue weighted by molar-refractivity contribution is -0.122. The van der Waals surface area contributed by atoms with E-state index >= 15 is 0 Å². The number of aromatic nitrogens is 3. The smallest absolute Gasteiger partial charge is 0.253 e. The fraction of sp³-hybridized carbons (Fsp3) is 0.273. The summed E-state index contributed by atoms with van der Waals surface area (Å²) in [5, 5.41) is 7.22. The molecule has 30 heavy (non-hydrogen) atoms. The van der Waals surface area contributed by atoms with Gasteiger partial charge in [-0.25, -0.2) is 9.67 Å². The largest absolute Gasteiger partial charge is 0.369 e. The molecule has 8 nitrogen and oxygen atoms in total. The summed E-state index contributed by atoms with van der Waals surface area (Å²) in [6.07, 6.45) is 6.88. The minimum absolute atomic E-state index is 0.177. The fourth-order valence-electron chi connectivity index (χ4n) is 3.80. The third-order valence-corrected chi connectivity index (χ3v) is 5.33. The summed E-state index contributed by atoms with van der Waals surface area (Å²) in [6.45, 7) is 1.69. The molecular weight excluding hydrogens is 380 g/mol. The molecule has 1 aliphatic rings. The van der Waals surface area contributed by atoms with E-state index in [-0.39, 0.29) is 17.7 Å². The molecule has 1 aliphatic heterocycles. The van der Waals surface area contributed by atoms with Crippen molar-refractivity contribution in [2.24, 2.45) is 11.7 Å². The van der Waals surface area contributed by atoms with Crippen LogP contribution in [0.2, 0.25) is 0 Å². The number of rotatable bonds is 6. The van der Waals surface area contributed by atoms with Crippen molar-refractivity contribution < 1.29 is 9.59 Å². The van der Waals surface area contributed by atoms with Crippen LogP contribution in [0.5, 0.6) is 0 Å². The summed E-state index contributed by atoms with van der Waals surface area (Å²) in [7, 11) is 0. The van der Waals surface area contributed by atoms with Crippen LogP contribution in [-0.2, 0) is 11.3 Å². The minimum Gasteiger partial charge on any atom is -0.369 e. The predicted octanol–water partition coefficient (Wildman–Crippen LogP) is 1.90. The van der Waals surface area contributed by atoms with Gasteiger partial charge in [0.25, 0.3) is 5.91 Å². The highest BCUT2D eigenvalue weighted by atomic mass is 16.2. The number of nitrogens with one attached hydrogen (secondary N) is 1. The highest BCUT2D eigenvalue weighted by Gasteiger charge is 2.26. The first-order chi connectivity index (χ1) is 14.6. The molecule has 1 aromatic carbocycles. The second-order valence-electron chi connectivity index (χ2n) is 7.32. The van der Waals surface area contributed by atoms with Gasteiger partial charge in [-0.2, -0.15) is 5.10 Å². The highest BCUT2D eigenvalue weighted by Crippen LogP contribution is 2.24. The Morgan fingerprint density at radius 1 is 1.13 bits per heavy atom. The summed E-state index contributed by atoms with van der Waals surface area (Å²) in [5.41, 5.74) is 7.66. The van der Waals surface area contributed by atoms with Crippen molar-refractivity contribution in [2.75, 3.05) is 18.0 Å². The van der Waals surface area contributed by atoms with Gasteiger partial charge in [0.2, 0.25) is 5.91 Å². The van der Waals surface area contributed by atoms with E-state index in [0.29, 0.717) is 24.3 Å². The lowest BCUT2D eigenvalue weighted by atomic mass is 9.97. The zero-order valence-electron chi connectivity index (χ0n) is 16.6. The second-order valence-corrected chi connectivity index (χ2v) is 7.32. The lowest BCUT2D eigenvalue weighted by Gasteiger charge is -2.33. The second kappa shape index (κ2) is 8.77. The first-order valence-electron chi connectivity index (χ1n) is 9.99. The summed E-state index contributed by atoms with van der Waals surface area (Å²) in [4.78, 5) is 31.1. The molecule has 1 saturated heterocycles. The number of hydrogen-bond donors (Lipinski definition) is 2. The number of nitrogens with zero attached hydrogens (tertiary/aromatic N) is 4. The first-order valence-corrected chi connectivity index (χ1v) is 9.99. The number of para-hydroxylation sites is 1. The Labute approximate surface area is 174 Å². The Balaban J connectivity index is 1.50. The average Bonchev–Trinajstić information content (AvgIpc) is 3.32. The standard InChI is InChI=1S/C22H24N6O2/c23-20(29)17-7-4-12-27(15-17)21-16(6-3-10-24-21)14-25-22(30)18-8-1-2-9-19(18)28-13-5-11-26-28/h1-3,5-6,8-11,13,17H,4,7,12,14-15H2,(H2,23,29)(H,25,30). The molecule has 1 fully saturated rings. The van der Waals surface area contributed by atoms with E-state index in [9.17, 15) is 9.59 Å². The Hall–Kier alpha value is -3.68. The van der Waals surface area contributed by atoms with E-state index in [1.54, 1.807) is 29.3 Å². The van der Waals surface area contributed by atoms with E-state index in [4.69, 9.17) is 5.73 Å². The third-order valence-electron chi connectivity index (χ3n) is 5.33. The molecule has 1 atom stereocenters. The van der Waals surface area contributed by atoms with Crippen LogP contribution in [0.15, 0.2) is 61.1 Å². The quantitative estimate of drug-likeness (QED) is 0.653. The van der Waals surface area contributed by atoms with Gasteiger partial charge >= 0.3 is 0 Å². The number of amides is 2. The Morgan fingerprint density at radius 2 is 2.00 bits per heavy atom. The van der Waals surface area contributed by atoms with Crippen molar-refractivity contribution in [1.82, 2.24) is 20.1 Å². The van der Waals surface area contributed by atoms with Gasteiger partial charge in [0.1, 0.15) is 5.82 Å². The summed E-state index contributed by atoms with van der Waals surface area (Å²) < 4.78 is 1.67. The van der Waals surface area contributed by atoms with E-state index in [0.717, 1.165) is 30.8 Å². The SMILES string of the molecule is NC(=O)C1CCCN(c2ncccc2CNC(=O)c2ccccc2-n2cccn2)C1. The molecule has 4 rings (SSSR count). The van der Waals surface area contributed by atoms with Gasteiger partial charge in [-0.3, -0.25) is 9.59 Å². The van der Waals surface area contributed by atoms with Crippen LogP contribution in [0, 0.1) is 5.92 Å². The van der Waals surface area contributed by atoms with E-state index in [1.807, 2.05) is 36.4 Å². The molecule has 3 heterocycles. The molecule has 0 spiro atoms. The maximum absolute atomic E-state index is 12.9. The number of carbonyl (C=O) groups excluding carboxylic acids is 2. The number of anilines is 1. The zero-order valence-corrected chi connectivity index (χ0v) is 16.6. The topological polar surface area (TPSA) is 106 Å². The van der Waals surface area contributed by atoms with E-state index < -0.39 is 0 Å². The number of benzene rings is 1. The molecule has 3 N–H and O–H groups in total. The van der Waals surface area contributed by atoms with Crippen molar-refractivity contribution in [1.29, 1.82) is 0 Å². The number of hydrogen-bond acceptors (Lipinski definition) is 5. The fourth-order valence-corrected chi connectivity index (χ4v) is 3.80. The van der Waals surface area contributed by atoms with Crippen LogP contribution in [0.4, 0.5) is 5.82 Å². The zero-order chi connectivity index (χ0) is 20.9. The minimum atomic E-state index is -0.277. The van der Waals surface area contributed by atoms with Gasteiger partial charge in [-0.1, -0.05) is 18.2 Å².